The van der Waals surface area contributed by atoms with Crippen LogP contribution in [0.2, 0.25) is 5.02 Å². The summed E-state index contributed by atoms with van der Waals surface area (Å²) in [5, 5.41) is 17.0. The highest BCUT2D eigenvalue weighted by Gasteiger charge is 2.15. The van der Waals surface area contributed by atoms with E-state index in [9.17, 15) is 4.79 Å². The van der Waals surface area contributed by atoms with Gasteiger partial charge in [0.2, 0.25) is 5.16 Å². The molecule has 0 atom stereocenters. The van der Waals surface area contributed by atoms with Crippen LogP contribution in [0.5, 0.6) is 0 Å². The Morgan fingerprint density at radius 3 is 3.00 bits per heavy atom. The van der Waals surface area contributed by atoms with Crippen LogP contribution in [0.3, 0.4) is 0 Å². The number of carboxylic acids is 1. The van der Waals surface area contributed by atoms with E-state index in [-0.39, 0.29) is 5.75 Å². The van der Waals surface area contributed by atoms with Crippen LogP contribution in [-0.2, 0) is 4.79 Å². The van der Waals surface area contributed by atoms with Gasteiger partial charge in [-0.3, -0.25) is 9.78 Å². The van der Waals surface area contributed by atoms with Gasteiger partial charge in [-0.15, -0.1) is 10.2 Å². The summed E-state index contributed by atoms with van der Waals surface area (Å²) in [6.45, 7) is 0. The van der Waals surface area contributed by atoms with Crippen molar-refractivity contribution in [2.75, 3.05) is 11.6 Å². The van der Waals surface area contributed by atoms with Crippen molar-refractivity contribution >= 4 is 29.3 Å². The van der Waals surface area contributed by atoms with E-state index < -0.39 is 5.97 Å². The van der Waals surface area contributed by atoms with Gasteiger partial charge in [-0.25, -0.2) is 4.68 Å². The zero-order chi connectivity index (χ0) is 13.1. The van der Waals surface area contributed by atoms with Crippen molar-refractivity contribution < 1.29 is 9.90 Å². The number of rotatable bonds is 4. The van der Waals surface area contributed by atoms with Crippen LogP contribution in [0.15, 0.2) is 23.6 Å². The van der Waals surface area contributed by atoms with Crippen LogP contribution in [0.1, 0.15) is 0 Å². The largest absolute Gasteiger partial charge is 0.481 e. The van der Waals surface area contributed by atoms with Crippen molar-refractivity contribution in [3.05, 3.63) is 23.5 Å². The number of hydrogen-bond donors (Lipinski definition) is 2. The van der Waals surface area contributed by atoms with Crippen LogP contribution in [0.4, 0.5) is 0 Å². The first-order chi connectivity index (χ1) is 8.59. The van der Waals surface area contributed by atoms with E-state index in [1.165, 1.54) is 10.9 Å². The van der Waals surface area contributed by atoms with Crippen LogP contribution >= 0.6 is 23.4 Å². The lowest BCUT2D eigenvalue weighted by atomic mass is 10.2. The lowest BCUT2D eigenvalue weighted by Gasteiger charge is -2.03. The fourth-order valence-electron chi connectivity index (χ4n) is 1.24. The molecule has 2 rings (SSSR count). The molecule has 94 valence electrons. The predicted octanol–water partition coefficient (Wildman–Crippen LogP) is 0.884. The summed E-state index contributed by atoms with van der Waals surface area (Å²) in [5.74, 6) is 5.05. The van der Waals surface area contributed by atoms with Gasteiger partial charge in [0.1, 0.15) is 0 Å². The van der Waals surface area contributed by atoms with E-state index in [1.54, 1.807) is 12.3 Å². The number of carbonyl (C=O) groups is 1. The lowest BCUT2D eigenvalue weighted by molar-refractivity contribution is -0.133. The molecule has 0 saturated carbocycles. The van der Waals surface area contributed by atoms with Gasteiger partial charge in [0.25, 0.3) is 0 Å². The maximum atomic E-state index is 10.5. The van der Waals surface area contributed by atoms with E-state index in [0.717, 1.165) is 11.8 Å². The zero-order valence-corrected chi connectivity index (χ0v) is 10.5. The van der Waals surface area contributed by atoms with Crippen LogP contribution < -0.4 is 5.84 Å². The van der Waals surface area contributed by atoms with Gasteiger partial charge in [0.05, 0.1) is 10.8 Å². The van der Waals surface area contributed by atoms with Crippen LogP contribution in [-0.4, -0.2) is 36.7 Å². The number of nitrogens with two attached hydrogens (primary N) is 1. The van der Waals surface area contributed by atoms with E-state index in [2.05, 4.69) is 15.2 Å². The monoisotopic (exact) mass is 285 g/mol. The Kier molecular flexibility index (Phi) is 3.68. The number of aliphatic carboxylic acids is 1. The first kappa shape index (κ1) is 12.7. The van der Waals surface area contributed by atoms with Crippen molar-refractivity contribution in [2.45, 2.75) is 5.16 Å². The van der Waals surface area contributed by atoms with Crippen LogP contribution in [0, 0.1) is 0 Å². The summed E-state index contributed by atoms with van der Waals surface area (Å²) in [4.78, 5) is 14.3. The van der Waals surface area contributed by atoms with Gasteiger partial charge < -0.3 is 10.9 Å². The normalized spacial score (nSPS) is 10.5. The Labute approximate surface area is 111 Å². The molecule has 2 heterocycles. The molecule has 2 aromatic rings. The molecule has 0 aliphatic carbocycles. The third-order valence-electron chi connectivity index (χ3n) is 2.00. The number of aromatic nitrogens is 4. The number of nitrogens with zero attached hydrogens (tertiary/aromatic N) is 4. The molecule has 18 heavy (non-hydrogen) atoms. The molecule has 0 unspecified atom stereocenters. The van der Waals surface area contributed by atoms with Crippen molar-refractivity contribution in [3.63, 3.8) is 0 Å². The molecule has 0 bridgehead atoms. The number of thioether (sulfide) groups is 1. The predicted molar refractivity (Wildman–Crippen MR) is 66.8 cm³/mol. The molecular weight excluding hydrogens is 278 g/mol. The van der Waals surface area contributed by atoms with E-state index in [4.69, 9.17) is 22.6 Å². The Bertz CT molecular complexity index is 588. The molecule has 0 fully saturated rings. The molecule has 0 spiro atoms. The topological polar surface area (TPSA) is 107 Å². The molecule has 0 saturated heterocycles. The van der Waals surface area contributed by atoms with Gasteiger partial charge in [-0.2, -0.15) is 0 Å². The minimum atomic E-state index is -0.952. The smallest absolute Gasteiger partial charge is 0.313 e. The molecule has 3 N–H and O–H groups in total. The summed E-state index contributed by atoms with van der Waals surface area (Å²) < 4.78 is 1.20. The molecule has 0 radical (unpaired) electrons. The molecule has 0 aliphatic rings. The maximum absolute atomic E-state index is 10.5. The third-order valence-corrected chi connectivity index (χ3v) is 3.23. The second-order valence-corrected chi connectivity index (χ2v) is 4.56. The minimum Gasteiger partial charge on any atom is -0.481 e. The summed E-state index contributed by atoms with van der Waals surface area (Å²) in [6, 6.07) is 1.65. The second-order valence-electron chi connectivity index (χ2n) is 3.21. The van der Waals surface area contributed by atoms with E-state index in [1.807, 2.05) is 0 Å². The summed E-state index contributed by atoms with van der Waals surface area (Å²) in [5.41, 5.74) is 0.587. The Balaban J connectivity index is 2.31. The van der Waals surface area contributed by atoms with E-state index in [0.29, 0.717) is 21.6 Å². The first-order valence-electron chi connectivity index (χ1n) is 4.74. The lowest BCUT2D eigenvalue weighted by Crippen LogP contribution is -2.12. The molecule has 7 nitrogen and oxygen atoms in total. The zero-order valence-electron chi connectivity index (χ0n) is 8.95. The van der Waals surface area contributed by atoms with Crippen molar-refractivity contribution in [3.8, 4) is 11.4 Å². The average Bonchev–Trinajstić information content (AvgIpc) is 2.69. The van der Waals surface area contributed by atoms with Crippen molar-refractivity contribution in [1.82, 2.24) is 19.9 Å². The Hall–Kier alpha value is -1.80. The highest BCUT2D eigenvalue weighted by atomic mass is 35.5. The fourth-order valence-corrected chi connectivity index (χ4v) is 2.02. The first-order valence-corrected chi connectivity index (χ1v) is 6.11. The number of nitrogen functional groups attached to an aromatic ring is 1. The van der Waals surface area contributed by atoms with Gasteiger partial charge in [-0.05, 0) is 6.07 Å². The molecule has 0 aromatic carbocycles. The van der Waals surface area contributed by atoms with Gasteiger partial charge in [0, 0.05) is 18.0 Å². The van der Waals surface area contributed by atoms with Gasteiger partial charge in [-0.1, -0.05) is 23.4 Å². The van der Waals surface area contributed by atoms with Crippen molar-refractivity contribution in [2.24, 2.45) is 0 Å². The summed E-state index contributed by atoms with van der Waals surface area (Å²) in [7, 11) is 0. The number of pyridine rings is 1. The SMILES string of the molecule is Nn1c(SCC(=O)O)nnc1-c1ccncc1Cl. The summed E-state index contributed by atoms with van der Waals surface area (Å²) >= 11 is 6.95. The number of halogens is 1. The minimum absolute atomic E-state index is 0.139. The highest BCUT2D eigenvalue weighted by molar-refractivity contribution is 7.99. The standard InChI is InChI=1S/C9H8ClN5O2S/c10-6-3-12-2-1-5(6)8-13-14-9(15(8)11)18-4-7(16)17/h1-3H,4,11H2,(H,16,17). The quantitative estimate of drug-likeness (QED) is 0.634. The Morgan fingerprint density at radius 1 is 1.56 bits per heavy atom. The maximum Gasteiger partial charge on any atom is 0.313 e. The summed E-state index contributed by atoms with van der Waals surface area (Å²) in [6.07, 6.45) is 3.02. The number of carboxylic acid groups (broad SMARTS) is 1. The molecular formula is C9H8ClN5O2S. The fraction of sp³-hybridized carbons (Fsp3) is 0.111. The Morgan fingerprint density at radius 2 is 2.33 bits per heavy atom. The molecule has 9 heteroatoms. The molecule has 2 aromatic heterocycles. The number of hydrogen-bond acceptors (Lipinski definition) is 6. The van der Waals surface area contributed by atoms with Gasteiger partial charge >= 0.3 is 5.97 Å². The highest BCUT2D eigenvalue weighted by Crippen LogP contribution is 2.26. The van der Waals surface area contributed by atoms with Crippen molar-refractivity contribution in [1.29, 1.82) is 0 Å². The average molecular weight is 286 g/mol. The molecule has 0 aliphatic heterocycles. The molecule has 0 amide bonds. The van der Waals surface area contributed by atoms with Crippen LogP contribution in [0.25, 0.3) is 11.4 Å². The van der Waals surface area contributed by atoms with Gasteiger partial charge in [0.15, 0.2) is 5.82 Å². The third kappa shape index (κ3) is 2.54. The van der Waals surface area contributed by atoms with E-state index >= 15 is 0 Å². The second kappa shape index (κ2) is 5.23.